The van der Waals surface area contributed by atoms with Crippen molar-refractivity contribution in [2.24, 2.45) is 7.05 Å². The maximum absolute atomic E-state index is 6.18. The fourth-order valence-corrected chi connectivity index (χ4v) is 3.18. The van der Waals surface area contributed by atoms with E-state index in [9.17, 15) is 0 Å². The van der Waals surface area contributed by atoms with E-state index in [-0.39, 0.29) is 0 Å². The molecule has 0 N–H and O–H groups in total. The maximum atomic E-state index is 6.18. The molecule has 0 aliphatic rings. The highest BCUT2D eigenvalue weighted by molar-refractivity contribution is 5.96. The first-order chi connectivity index (χ1) is 10.6. The molecule has 0 saturated heterocycles. The first kappa shape index (κ1) is 13.1. The molecule has 0 atom stereocenters. The standard InChI is InChI=1S/C20H18NO/c1-13-8-9-17-15(12-13)10-11-21(3)19(17)20-14(2)16-6-4-5-7-18(16)22-20/h4-12H,1-3H3/q+1. The molecule has 0 saturated carbocycles. The van der Waals surface area contributed by atoms with Crippen molar-refractivity contribution in [3.63, 3.8) is 0 Å². The molecule has 2 aromatic heterocycles. The van der Waals surface area contributed by atoms with Gasteiger partial charge >= 0.3 is 0 Å². The molecule has 108 valence electrons. The first-order valence-electron chi connectivity index (χ1n) is 7.52. The van der Waals surface area contributed by atoms with Crippen molar-refractivity contribution >= 4 is 21.7 Å². The van der Waals surface area contributed by atoms with Crippen molar-refractivity contribution in [1.82, 2.24) is 0 Å². The van der Waals surface area contributed by atoms with Gasteiger partial charge in [0.25, 0.3) is 5.69 Å². The highest BCUT2D eigenvalue weighted by Gasteiger charge is 2.22. The fraction of sp³-hybridized carbons (Fsp3) is 0.150. The summed E-state index contributed by atoms with van der Waals surface area (Å²) in [4.78, 5) is 0. The lowest BCUT2D eigenvalue weighted by molar-refractivity contribution is -0.659. The van der Waals surface area contributed by atoms with E-state index in [1.807, 2.05) is 12.1 Å². The van der Waals surface area contributed by atoms with Crippen LogP contribution in [0.4, 0.5) is 0 Å². The smallest absolute Gasteiger partial charge is 0.256 e. The zero-order valence-corrected chi connectivity index (χ0v) is 13.1. The molecular weight excluding hydrogens is 270 g/mol. The van der Waals surface area contributed by atoms with Crippen LogP contribution < -0.4 is 4.57 Å². The van der Waals surface area contributed by atoms with Gasteiger partial charge in [-0.1, -0.05) is 35.9 Å². The summed E-state index contributed by atoms with van der Waals surface area (Å²) in [5.41, 5.74) is 4.54. The molecule has 22 heavy (non-hydrogen) atoms. The summed E-state index contributed by atoms with van der Waals surface area (Å²) in [6, 6.07) is 16.9. The number of hydrogen-bond acceptors (Lipinski definition) is 1. The molecule has 0 fully saturated rings. The number of rotatable bonds is 1. The van der Waals surface area contributed by atoms with Gasteiger partial charge in [-0.15, -0.1) is 0 Å². The summed E-state index contributed by atoms with van der Waals surface area (Å²) >= 11 is 0. The van der Waals surface area contributed by atoms with E-state index >= 15 is 0 Å². The average molecular weight is 288 g/mol. The van der Waals surface area contributed by atoms with Crippen molar-refractivity contribution in [2.45, 2.75) is 13.8 Å². The van der Waals surface area contributed by atoms with Gasteiger partial charge in [-0.3, -0.25) is 0 Å². The van der Waals surface area contributed by atoms with Gasteiger partial charge in [0.1, 0.15) is 12.6 Å². The van der Waals surface area contributed by atoms with Crippen LogP contribution in [0.25, 0.3) is 33.2 Å². The molecule has 0 unspecified atom stereocenters. The van der Waals surface area contributed by atoms with Gasteiger partial charge in [0, 0.05) is 17.0 Å². The third-order valence-corrected chi connectivity index (χ3v) is 4.35. The highest BCUT2D eigenvalue weighted by atomic mass is 16.3. The molecule has 4 rings (SSSR count). The van der Waals surface area contributed by atoms with Gasteiger partial charge in [-0.2, -0.15) is 4.57 Å². The summed E-state index contributed by atoms with van der Waals surface area (Å²) in [5.74, 6) is 0.957. The molecule has 0 aliphatic heterocycles. The van der Waals surface area contributed by atoms with Gasteiger partial charge in [0.05, 0.1) is 5.39 Å². The largest absolute Gasteiger partial charge is 0.449 e. The Balaban J connectivity index is 2.11. The second-order valence-electron chi connectivity index (χ2n) is 5.92. The lowest BCUT2D eigenvalue weighted by Crippen LogP contribution is -2.30. The van der Waals surface area contributed by atoms with Gasteiger partial charge in [-0.25, -0.2) is 0 Å². The van der Waals surface area contributed by atoms with Crippen LogP contribution >= 0.6 is 0 Å². The van der Waals surface area contributed by atoms with E-state index in [0.717, 1.165) is 17.0 Å². The van der Waals surface area contributed by atoms with Crippen molar-refractivity contribution in [3.8, 4) is 11.5 Å². The van der Waals surface area contributed by atoms with E-state index < -0.39 is 0 Å². The number of para-hydroxylation sites is 1. The Bertz CT molecular complexity index is 1010. The van der Waals surface area contributed by atoms with Gasteiger partial charge in [-0.05, 0) is 31.4 Å². The number of furan rings is 1. The van der Waals surface area contributed by atoms with Gasteiger partial charge in [0.15, 0.2) is 6.20 Å². The van der Waals surface area contributed by atoms with E-state index in [1.165, 1.54) is 27.3 Å². The van der Waals surface area contributed by atoms with Crippen LogP contribution in [0.3, 0.4) is 0 Å². The minimum absolute atomic E-state index is 0.944. The molecule has 2 heteroatoms. The average Bonchev–Trinajstić information content (AvgIpc) is 2.85. The second-order valence-corrected chi connectivity index (χ2v) is 5.92. The summed E-state index contributed by atoms with van der Waals surface area (Å²) in [6.07, 6.45) is 2.10. The SMILES string of the molecule is Cc1ccc2c(-c3oc4ccccc4c3C)[n+](C)ccc2c1. The summed E-state index contributed by atoms with van der Waals surface area (Å²) in [7, 11) is 2.07. The number of aromatic nitrogens is 1. The third kappa shape index (κ3) is 1.84. The molecule has 4 aromatic rings. The molecule has 0 spiro atoms. The molecule has 0 aliphatic carbocycles. The van der Waals surface area contributed by atoms with Crippen molar-refractivity contribution in [2.75, 3.05) is 0 Å². The molecule has 0 bridgehead atoms. The summed E-state index contributed by atoms with van der Waals surface area (Å²) in [6.45, 7) is 4.26. The van der Waals surface area contributed by atoms with E-state index in [0.29, 0.717) is 0 Å². The Labute approximate surface area is 129 Å². The van der Waals surface area contributed by atoms with Crippen LogP contribution in [-0.2, 0) is 7.05 Å². The maximum Gasteiger partial charge on any atom is 0.256 e. The molecule has 0 amide bonds. The van der Waals surface area contributed by atoms with Crippen LogP contribution in [0.1, 0.15) is 11.1 Å². The van der Waals surface area contributed by atoms with Crippen LogP contribution in [0.5, 0.6) is 0 Å². The van der Waals surface area contributed by atoms with E-state index in [1.54, 1.807) is 0 Å². The third-order valence-electron chi connectivity index (χ3n) is 4.35. The van der Waals surface area contributed by atoms with Gasteiger partial charge < -0.3 is 4.42 Å². The minimum atomic E-state index is 0.944. The quantitative estimate of drug-likeness (QED) is 0.464. The van der Waals surface area contributed by atoms with E-state index in [4.69, 9.17) is 4.42 Å². The highest BCUT2D eigenvalue weighted by Crippen LogP contribution is 2.34. The van der Waals surface area contributed by atoms with Crippen molar-refractivity contribution in [1.29, 1.82) is 0 Å². The van der Waals surface area contributed by atoms with Crippen LogP contribution in [0, 0.1) is 13.8 Å². The lowest BCUT2D eigenvalue weighted by atomic mass is 10.0. The van der Waals surface area contributed by atoms with Crippen LogP contribution in [-0.4, -0.2) is 0 Å². The minimum Gasteiger partial charge on any atom is -0.449 e. The lowest BCUT2D eigenvalue weighted by Gasteiger charge is -2.04. The Kier molecular flexibility index (Phi) is 2.80. The zero-order valence-electron chi connectivity index (χ0n) is 13.1. The second kappa shape index (κ2) is 4.70. The Morgan fingerprint density at radius 1 is 0.909 bits per heavy atom. The number of fused-ring (bicyclic) bond motifs is 2. The molecular formula is C20H18NO+. The Morgan fingerprint density at radius 2 is 1.73 bits per heavy atom. The Morgan fingerprint density at radius 3 is 2.55 bits per heavy atom. The summed E-state index contributed by atoms with van der Waals surface area (Å²) < 4.78 is 8.32. The number of pyridine rings is 1. The Hall–Kier alpha value is -2.61. The molecule has 2 aromatic carbocycles. The number of hydrogen-bond donors (Lipinski definition) is 0. The van der Waals surface area contributed by atoms with Crippen molar-refractivity contribution in [3.05, 3.63) is 65.9 Å². The van der Waals surface area contributed by atoms with Crippen LogP contribution in [0.2, 0.25) is 0 Å². The van der Waals surface area contributed by atoms with Gasteiger partial charge in [0.2, 0.25) is 5.76 Å². The monoisotopic (exact) mass is 288 g/mol. The van der Waals surface area contributed by atoms with Crippen molar-refractivity contribution < 1.29 is 8.98 Å². The summed E-state index contributed by atoms with van der Waals surface area (Å²) in [5, 5.41) is 3.65. The normalized spacial score (nSPS) is 11.4. The zero-order chi connectivity index (χ0) is 15.3. The number of aryl methyl sites for hydroxylation is 3. The number of benzene rings is 2. The predicted molar refractivity (Wildman–Crippen MR) is 89.8 cm³/mol. The fourth-order valence-electron chi connectivity index (χ4n) is 3.18. The topological polar surface area (TPSA) is 17.0 Å². The molecule has 0 radical (unpaired) electrons. The molecule has 2 heterocycles. The first-order valence-corrected chi connectivity index (χ1v) is 7.52. The number of nitrogens with zero attached hydrogens (tertiary/aromatic N) is 1. The molecule has 2 nitrogen and oxygen atoms in total. The van der Waals surface area contributed by atoms with E-state index in [2.05, 4.69) is 68.1 Å². The van der Waals surface area contributed by atoms with Crippen LogP contribution in [0.15, 0.2) is 59.1 Å². The predicted octanol–water partition coefficient (Wildman–Crippen LogP) is 4.69.